The molecule has 0 amide bonds. The molecule has 0 aromatic carbocycles. The number of epoxide rings is 1. The summed E-state index contributed by atoms with van der Waals surface area (Å²) in [6, 6.07) is 0. The van der Waals surface area contributed by atoms with Gasteiger partial charge in [0.1, 0.15) is 5.60 Å². The van der Waals surface area contributed by atoms with Gasteiger partial charge in [-0.25, -0.2) is 4.79 Å². The quantitative estimate of drug-likeness (QED) is 0.346. The average molecular weight is 156 g/mol. The van der Waals surface area contributed by atoms with Gasteiger partial charge in [-0.1, -0.05) is 6.92 Å². The summed E-state index contributed by atoms with van der Waals surface area (Å²) in [4.78, 5) is 10.6. The Hall–Kier alpha value is -0.830. The van der Waals surface area contributed by atoms with Crippen LogP contribution in [0.3, 0.4) is 0 Å². The van der Waals surface area contributed by atoms with Gasteiger partial charge in [0.15, 0.2) is 0 Å². The Balaban J connectivity index is 2.40. The lowest BCUT2D eigenvalue weighted by Crippen LogP contribution is -2.05. The number of ether oxygens (including phenoxy) is 2. The second-order valence-electron chi connectivity index (χ2n) is 2.56. The monoisotopic (exact) mass is 156 g/mol. The van der Waals surface area contributed by atoms with Crippen molar-refractivity contribution in [2.24, 2.45) is 0 Å². The van der Waals surface area contributed by atoms with Crippen molar-refractivity contribution < 1.29 is 14.3 Å². The van der Waals surface area contributed by atoms with Gasteiger partial charge in [0, 0.05) is 6.08 Å². The van der Waals surface area contributed by atoms with E-state index in [-0.39, 0.29) is 11.6 Å². The molecule has 0 aliphatic carbocycles. The number of methoxy groups -OCH3 is 1. The van der Waals surface area contributed by atoms with Gasteiger partial charge in [-0.15, -0.1) is 0 Å². The summed E-state index contributed by atoms with van der Waals surface area (Å²) in [7, 11) is 1.36. The van der Waals surface area contributed by atoms with Gasteiger partial charge >= 0.3 is 5.97 Å². The molecule has 11 heavy (non-hydrogen) atoms. The van der Waals surface area contributed by atoms with E-state index in [1.54, 1.807) is 6.08 Å². The summed E-state index contributed by atoms with van der Waals surface area (Å²) in [5.74, 6) is -0.326. The van der Waals surface area contributed by atoms with Crippen LogP contribution in [-0.2, 0) is 14.3 Å². The van der Waals surface area contributed by atoms with Crippen molar-refractivity contribution in [3.05, 3.63) is 12.2 Å². The van der Waals surface area contributed by atoms with Crippen LogP contribution in [0.15, 0.2) is 12.2 Å². The Morgan fingerprint density at radius 2 is 2.45 bits per heavy atom. The van der Waals surface area contributed by atoms with Crippen molar-refractivity contribution in [3.8, 4) is 0 Å². The number of carbonyl (C=O) groups excluding carboxylic acids is 1. The number of carbonyl (C=O) groups is 1. The van der Waals surface area contributed by atoms with Crippen molar-refractivity contribution >= 4 is 5.97 Å². The molecule has 0 radical (unpaired) electrons. The van der Waals surface area contributed by atoms with Crippen LogP contribution >= 0.6 is 0 Å². The molecule has 1 fully saturated rings. The molecule has 1 heterocycles. The molecular weight excluding hydrogens is 144 g/mol. The topological polar surface area (TPSA) is 38.8 Å². The van der Waals surface area contributed by atoms with E-state index in [1.807, 2.05) is 6.92 Å². The predicted molar refractivity (Wildman–Crippen MR) is 40.1 cm³/mol. The lowest BCUT2D eigenvalue weighted by molar-refractivity contribution is -0.134. The van der Waals surface area contributed by atoms with Gasteiger partial charge in [-0.05, 0) is 12.5 Å². The minimum absolute atomic E-state index is 0.159. The maximum atomic E-state index is 10.6. The molecule has 1 unspecified atom stereocenters. The maximum Gasteiger partial charge on any atom is 0.330 e. The number of hydrogen-bond donors (Lipinski definition) is 0. The maximum absolute atomic E-state index is 10.6. The first-order chi connectivity index (χ1) is 5.22. The Morgan fingerprint density at radius 3 is 2.82 bits per heavy atom. The van der Waals surface area contributed by atoms with Crippen LogP contribution in [0.1, 0.15) is 13.3 Å². The van der Waals surface area contributed by atoms with Crippen LogP contribution in [0, 0.1) is 0 Å². The molecule has 1 atom stereocenters. The zero-order valence-corrected chi connectivity index (χ0v) is 6.79. The van der Waals surface area contributed by atoms with Gasteiger partial charge in [0.05, 0.1) is 13.7 Å². The smallest absolute Gasteiger partial charge is 0.330 e. The highest BCUT2D eigenvalue weighted by atomic mass is 16.6. The molecule has 3 nitrogen and oxygen atoms in total. The van der Waals surface area contributed by atoms with Crippen LogP contribution < -0.4 is 0 Å². The molecule has 1 aliphatic heterocycles. The molecule has 0 aromatic heterocycles. The second-order valence-corrected chi connectivity index (χ2v) is 2.56. The molecule has 0 aromatic rings. The Kier molecular flexibility index (Phi) is 2.29. The fourth-order valence-corrected chi connectivity index (χ4v) is 0.799. The van der Waals surface area contributed by atoms with Gasteiger partial charge in [0.25, 0.3) is 0 Å². The number of esters is 1. The van der Waals surface area contributed by atoms with Crippen molar-refractivity contribution in [2.45, 2.75) is 18.9 Å². The summed E-state index contributed by atoms with van der Waals surface area (Å²) in [6.07, 6.45) is 4.08. The standard InChI is InChI=1S/C8H12O3/c1-3-8(6-11-8)5-4-7(9)10-2/h4-5H,3,6H2,1-2H3/b5-4+. The molecule has 0 bridgehead atoms. The van der Waals surface area contributed by atoms with E-state index >= 15 is 0 Å². The van der Waals surface area contributed by atoms with Gasteiger partial charge in [-0.2, -0.15) is 0 Å². The van der Waals surface area contributed by atoms with Crippen LogP contribution in [0.4, 0.5) is 0 Å². The molecular formula is C8H12O3. The first-order valence-corrected chi connectivity index (χ1v) is 3.63. The van der Waals surface area contributed by atoms with Crippen LogP contribution in [0.5, 0.6) is 0 Å². The minimum atomic E-state index is -0.326. The molecule has 0 N–H and O–H groups in total. The van der Waals surface area contributed by atoms with E-state index < -0.39 is 0 Å². The van der Waals surface area contributed by atoms with Crippen molar-refractivity contribution in [1.82, 2.24) is 0 Å². The Labute approximate surface area is 66.0 Å². The average Bonchev–Trinajstić information content (AvgIpc) is 2.81. The lowest BCUT2D eigenvalue weighted by atomic mass is 10.1. The second kappa shape index (κ2) is 3.05. The van der Waals surface area contributed by atoms with E-state index in [0.29, 0.717) is 0 Å². The van der Waals surface area contributed by atoms with E-state index in [1.165, 1.54) is 13.2 Å². The largest absolute Gasteiger partial charge is 0.466 e. The summed E-state index contributed by atoms with van der Waals surface area (Å²) < 4.78 is 9.58. The van der Waals surface area contributed by atoms with Gasteiger partial charge in [0.2, 0.25) is 0 Å². The van der Waals surface area contributed by atoms with Crippen LogP contribution in [0.2, 0.25) is 0 Å². The molecule has 1 aliphatic rings. The first-order valence-electron chi connectivity index (χ1n) is 3.63. The van der Waals surface area contributed by atoms with Crippen molar-refractivity contribution in [3.63, 3.8) is 0 Å². The molecule has 1 rings (SSSR count). The summed E-state index contributed by atoms with van der Waals surface area (Å²) in [5, 5.41) is 0. The summed E-state index contributed by atoms with van der Waals surface area (Å²) >= 11 is 0. The molecule has 62 valence electrons. The van der Waals surface area contributed by atoms with Gasteiger partial charge < -0.3 is 9.47 Å². The third kappa shape index (κ3) is 2.05. The third-order valence-electron chi connectivity index (χ3n) is 1.84. The molecule has 0 spiro atoms. The minimum Gasteiger partial charge on any atom is -0.466 e. The number of rotatable bonds is 3. The highest BCUT2D eigenvalue weighted by Gasteiger charge is 2.39. The first kappa shape index (κ1) is 8.27. The van der Waals surface area contributed by atoms with E-state index in [2.05, 4.69) is 4.74 Å². The predicted octanol–water partition coefficient (Wildman–Crippen LogP) is 0.895. The van der Waals surface area contributed by atoms with E-state index in [4.69, 9.17) is 4.74 Å². The van der Waals surface area contributed by atoms with E-state index in [9.17, 15) is 4.79 Å². The van der Waals surface area contributed by atoms with Crippen molar-refractivity contribution in [1.29, 1.82) is 0 Å². The zero-order valence-electron chi connectivity index (χ0n) is 6.79. The zero-order chi connectivity index (χ0) is 8.32. The van der Waals surface area contributed by atoms with Crippen LogP contribution in [-0.4, -0.2) is 25.3 Å². The van der Waals surface area contributed by atoms with Crippen LogP contribution in [0.25, 0.3) is 0 Å². The van der Waals surface area contributed by atoms with Gasteiger partial charge in [-0.3, -0.25) is 0 Å². The highest BCUT2D eigenvalue weighted by Crippen LogP contribution is 2.31. The fourth-order valence-electron chi connectivity index (χ4n) is 0.799. The fraction of sp³-hybridized carbons (Fsp3) is 0.625. The number of hydrogen-bond acceptors (Lipinski definition) is 3. The molecule has 1 saturated heterocycles. The third-order valence-corrected chi connectivity index (χ3v) is 1.84. The van der Waals surface area contributed by atoms with E-state index in [0.717, 1.165) is 13.0 Å². The Bertz CT molecular complexity index is 180. The highest BCUT2D eigenvalue weighted by molar-refractivity contribution is 5.82. The van der Waals surface area contributed by atoms with Crippen molar-refractivity contribution in [2.75, 3.05) is 13.7 Å². The Morgan fingerprint density at radius 1 is 1.82 bits per heavy atom. The lowest BCUT2D eigenvalue weighted by Gasteiger charge is -1.98. The summed E-state index contributed by atoms with van der Waals surface area (Å²) in [5.41, 5.74) is -0.159. The SMILES string of the molecule is CCC1(/C=C/C(=O)OC)CO1. The molecule has 0 saturated carbocycles. The normalized spacial score (nSPS) is 28.9. The molecule has 3 heteroatoms. The summed E-state index contributed by atoms with van der Waals surface area (Å²) in [6.45, 7) is 2.74.